The van der Waals surface area contributed by atoms with E-state index in [2.05, 4.69) is 6.92 Å². The SMILES string of the molecule is CCCCCCCCC(Cl)(Cl)C(=O)Oc1ccc(Cl)cc1. The van der Waals surface area contributed by atoms with Crippen LogP contribution >= 0.6 is 34.8 Å². The summed E-state index contributed by atoms with van der Waals surface area (Å²) in [6.07, 6.45) is 7.04. The third kappa shape index (κ3) is 7.39. The van der Waals surface area contributed by atoms with Crippen LogP contribution in [0.2, 0.25) is 5.02 Å². The van der Waals surface area contributed by atoms with E-state index < -0.39 is 10.3 Å². The van der Waals surface area contributed by atoms with Gasteiger partial charge in [0, 0.05) is 5.02 Å². The average molecular weight is 352 g/mol. The number of carbonyl (C=O) groups is 1. The van der Waals surface area contributed by atoms with Crippen LogP contribution in [-0.2, 0) is 4.79 Å². The summed E-state index contributed by atoms with van der Waals surface area (Å²) < 4.78 is 3.67. The average Bonchev–Trinajstić information content (AvgIpc) is 2.45. The lowest BCUT2D eigenvalue weighted by atomic mass is 10.1. The number of rotatable bonds is 9. The molecule has 0 aliphatic rings. The highest BCUT2D eigenvalue weighted by Gasteiger charge is 2.35. The van der Waals surface area contributed by atoms with E-state index in [0.29, 0.717) is 17.2 Å². The lowest BCUT2D eigenvalue weighted by molar-refractivity contribution is -0.135. The molecule has 2 nitrogen and oxygen atoms in total. The zero-order valence-corrected chi connectivity index (χ0v) is 14.5. The smallest absolute Gasteiger partial charge is 0.348 e. The second-order valence-electron chi connectivity index (χ2n) is 5.07. The van der Waals surface area contributed by atoms with Gasteiger partial charge in [-0.3, -0.25) is 0 Å². The maximum absolute atomic E-state index is 12.0. The standard InChI is InChI=1S/C16H21Cl3O2/c1-2-3-4-5-6-7-12-16(18,19)15(20)21-14-10-8-13(17)9-11-14/h8-11H,2-7,12H2,1H3. The van der Waals surface area contributed by atoms with Crippen LogP contribution in [-0.4, -0.2) is 10.3 Å². The molecule has 118 valence electrons. The Kier molecular flexibility index (Phi) is 8.46. The summed E-state index contributed by atoms with van der Waals surface area (Å²) in [6, 6.07) is 6.49. The van der Waals surface area contributed by atoms with Crippen molar-refractivity contribution in [2.75, 3.05) is 0 Å². The predicted octanol–water partition coefficient (Wildman–Crippen LogP) is 6.17. The van der Waals surface area contributed by atoms with E-state index in [9.17, 15) is 4.79 Å². The molecule has 0 radical (unpaired) electrons. The molecule has 0 atom stereocenters. The molecular weight excluding hydrogens is 331 g/mol. The van der Waals surface area contributed by atoms with Crippen LogP contribution in [0.5, 0.6) is 5.75 Å². The third-order valence-corrected chi connectivity index (χ3v) is 4.11. The molecule has 0 unspecified atom stereocenters. The molecule has 0 saturated carbocycles. The highest BCUT2D eigenvalue weighted by molar-refractivity contribution is 6.57. The highest BCUT2D eigenvalue weighted by atomic mass is 35.5. The van der Waals surface area contributed by atoms with Gasteiger partial charge in [-0.2, -0.15) is 0 Å². The van der Waals surface area contributed by atoms with Crippen molar-refractivity contribution in [2.24, 2.45) is 0 Å². The van der Waals surface area contributed by atoms with Crippen molar-refractivity contribution in [2.45, 2.75) is 56.2 Å². The molecule has 0 heterocycles. The Hall–Kier alpha value is -0.440. The molecule has 0 aliphatic heterocycles. The number of esters is 1. The van der Waals surface area contributed by atoms with E-state index in [0.717, 1.165) is 19.3 Å². The fourth-order valence-electron chi connectivity index (χ4n) is 1.91. The van der Waals surface area contributed by atoms with E-state index in [1.54, 1.807) is 24.3 Å². The monoisotopic (exact) mass is 350 g/mol. The normalized spacial score (nSPS) is 11.4. The molecule has 0 fully saturated rings. The second-order valence-corrected chi connectivity index (χ2v) is 6.99. The Labute approximate surface area is 141 Å². The largest absolute Gasteiger partial charge is 0.424 e. The molecule has 5 heteroatoms. The van der Waals surface area contributed by atoms with Crippen LogP contribution < -0.4 is 4.74 Å². The molecule has 0 N–H and O–H groups in total. The number of carbonyl (C=O) groups excluding carboxylic acids is 1. The van der Waals surface area contributed by atoms with Crippen molar-refractivity contribution in [1.29, 1.82) is 0 Å². The van der Waals surface area contributed by atoms with Crippen LogP contribution in [0, 0.1) is 0 Å². The summed E-state index contributed by atoms with van der Waals surface area (Å²) in [5.41, 5.74) is 0. The Morgan fingerprint density at radius 3 is 2.24 bits per heavy atom. The second kappa shape index (κ2) is 9.55. The fraction of sp³-hybridized carbons (Fsp3) is 0.562. The van der Waals surface area contributed by atoms with Crippen molar-refractivity contribution in [1.82, 2.24) is 0 Å². The van der Waals surface area contributed by atoms with Crippen LogP contribution in [0.15, 0.2) is 24.3 Å². The maximum Gasteiger partial charge on any atom is 0.348 e. The van der Waals surface area contributed by atoms with E-state index >= 15 is 0 Å². The molecule has 0 spiro atoms. The lowest BCUT2D eigenvalue weighted by Crippen LogP contribution is -2.30. The minimum Gasteiger partial charge on any atom is -0.424 e. The highest BCUT2D eigenvalue weighted by Crippen LogP contribution is 2.30. The van der Waals surface area contributed by atoms with Gasteiger partial charge in [0.1, 0.15) is 5.75 Å². The van der Waals surface area contributed by atoms with Gasteiger partial charge in [0.2, 0.25) is 4.33 Å². The van der Waals surface area contributed by atoms with Crippen LogP contribution in [0.3, 0.4) is 0 Å². The van der Waals surface area contributed by atoms with Crippen molar-refractivity contribution in [3.05, 3.63) is 29.3 Å². The number of halogens is 3. The maximum atomic E-state index is 12.0. The summed E-state index contributed by atoms with van der Waals surface area (Å²) >= 11 is 17.9. The molecular formula is C16H21Cl3O2. The lowest BCUT2D eigenvalue weighted by Gasteiger charge is -2.17. The van der Waals surface area contributed by atoms with Gasteiger partial charge in [-0.1, -0.05) is 73.8 Å². The van der Waals surface area contributed by atoms with Gasteiger partial charge >= 0.3 is 5.97 Å². The molecule has 0 amide bonds. The molecule has 1 aromatic carbocycles. The first-order valence-electron chi connectivity index (χ1n) is 7.31. The summed E-state index contributed by atoms with van der Waals surface area (Å²) in [5, 5.41) is 0.574. The van der Waals surface area contributed by atoms with Gasteiger partial charge in [-0.15, -0.1) is 0 Å². The predicted molar refractivity (Wildman–Crippen MR) is 89.5 cm³/mol. The van der Waals surface area contributed by atoms with Crippen LogP contribution in [0.4, 0.5) is 0 Å². The minimum atomic E-state index is -1.50. The van der Waals surface area contributed by atoms with Gasteiger partial charge < -0.3 is 4.74 Å². The Bertz CT molecular complexity index is 430. The molecule has 1 rings (SSSR count). The summed E-state index contributed by atoms with van der Waals surface area (Å²) in [5.74, 6) is -0.250. The zero-order valence-electron chi connectivity index (χ0n) is 12.2. The molecule has 0 bridgehead atoms. The Balaban J connectivity index is 2.35. The summed E-state index contributed by atoms with van der Waals surface area (Å²) in [6.45, 7) is 2.18. The first-order chi connectivity index (χ1) is 9.95. The van der Waals surface area contributed by atoms with E-state index in [1.165, 1.54) is 19.3 Å². The number of unbranched alkanes of at least 4 members (excludes halogenated alkanes) is 5. The van der Waals surface area contributed by atoms with Crippen molar-refractivity contribution in [3.63, 3.8) is 0 Å². The Morgan fingerprint density at radius 2 is 1.62 bits per heavy atom. The summed E-state index contributed by atoms with van der Waals surface area (Å²) in [4.78, 5) is 12.0. The number of hydrogen-bond donors (Lipinski definition) is 0. The summed E-state index contributed by atoms with van der Waals surface area (Å²) in [7, 11) is 0. The van der Waals surface area contributed by atoms with Crippen molar-refractivity contribution in [3.8, 4) is 5.75 Å². The van der Waals surface area contributed by atoms with E-state index in [1.807, 2.05) is 0 Å². The van der Waals surface area contributed by atoms with Crippen LogP contribution in [0.1, 0.15) is 51.9 Å². The number of hydrogen-bond acceptors (Lipinski definition) is 2. The van der Waals surface area contributed by atoms with Gasteiger partial charge in [0.15, 0.2) is 0 Å². The first kappa shape index (κ1) is 18.6. The minimum absolute atomic E-state index is 0.387. The molecule has 21 heavy (non-hydrogen) atoms. The topological polar surface area (TPSA) is 26.3 Å². The van der Waals surface area contributed by atoms with Crippen LogP contribution in [0.25, 0.3) is 0 Å². The quantitative estimate of drug-likeness (QED) is 0.230. The van der Waals surface area contributed by atoms with E-state index in [4.69, 9.17) is 39.5 Å². The van der Waals surface area contributed by atoms with E-state index in [-0.39, 0.29) is 0 Å². The number of alkyl halides is 2. The Morgan fingerprint density at radius 1 is 1.05 bits per heavy atom. The first-order valence-corrected chi connectivity index (χ1v) is 8.45. The van der Waals surface area contributed by atoms with Gasteiger partial charge in [-0.25, -0.2) is 4.79 Å². The zero-order chi connectivity index (χ0) is 15.7. The fourth-order valence-corrected chi connectivity index (χ4v) is 2.38. The third-order valence-electron chi connectivity index (χ3n) is 3.17. The molecule has 0 aliphatic carbocycles. The van der Waals surface area contributed by atoms with Crippen molar-refractivity contribution >= 4 is 40.8 Å². The van der Waals surface area contributed by atoms with Crippen molar-refractivity contribution < 1.29 is 9.53 Å². The molecule has 0 aromatic heterocycles. The number of ether oxygens (including phenoxy) is 1. The molecule has 0 saturated heterocycles. The van der Waals surface area contributed by atoms with Gasteiger partial charge in [0.05, 0.1) is 0 Å². The number of benzene rings is 1. The van der Waals surface area contributed by atoms with Gasteiger partial charge in [-0.05, 0) is 37.1 Å². The van der Waals surface area contributed by atoms with Gasteiger partial charge in [0.25, 0.3) is 0 Å². The molecule has 1 aromatic rings.